The van der Waals surface area contributed by atoms with Gasteiger partial charge in [0, 0.05) is 0 Å². The quantitative estimate of drug-likeness (QED) is 0.522. The first kappa shape index (κ1) is 20.2. The minimum Gasteiger partial charge on any atom is -0.315 e. The Morgan fingerprint density at radius 2 is 2.14 bits per heavy atom. The molecule has 0 spiro atoms. The number of piperidine rings is 1. The normalized spacial score (nSPS) is 26.9. The molecule has 1 fully saturated rings. The second kappa shape index (κ2) is 9.13. The summed E-state index contributed by atoms with van der Waals surface area (Å²) in [5.41, 5.74) is 7.44. The first-order valence-corrected chi connectivity index (χ1v) is 12.4. The smallest absolute Gasteiger partial charge is 0.315 e. The topological polar surface area (TPSA) is 80.0 Å². The Morgan fingerprint density at radius 3 is 2.86 bits per heavy atom. The monoisotopic (exact) mass is 505 g/mol. The average Bonchev–Trinajstić information content (AvgIpc) is 2.89. The molecule has 154 valence electrons. The Labute approximate surface area is 181 Å². The van der Waals surface area contributed by atoms with Gasteiger partial charge in [-0.15, -0.1) is 0 Å². The zero-order chi connectivity index (χ0) is 20.2. The molecule has 0 bridgehead atoms. The third-order valence-electron chi connectivity index (χ3n) is 5.44. The van der Waals surface area contributed by atoms with Crippen LogP contribution >= 0.6 is 0 Å². The molecule has 1 amide bonds. The van der Waals surface area contributed by atoms with Crippen molar-refractivity contribution >= 4 is 11.6 Å². The van der Waals surface area contributed by atoms with Gasteiger partial charge in [-0.1, -0.05) is 0 Å². The minimum atomic E-state index is -0.410. The number of nitrogens with one attached hydrogen (secondary N) is 1. The van der Waals surface area contributed by atoms with Crippen LogP contribution < -0.4 is 37.0 Å². The fourth-order valence-electron chi connectivity index (χ4n) is 4.00. The van der Waals surface area contributed by atoms with Crippen LogP contribution in [0, 0.1) is 5.92 Å². The fourth-order valence-corrected chi connectivity index (χ4v) is 5.37. The van der Waals surface area contributed by atoms with Crippen LogP contribution in [0.1, 0.15) is 25.3 Å². The summed E-state index contributed by atoms with van der Waals surface area (Å²) >= 11 is -0.108. The van der Waals surface area contributed by atoms with E-state index >= 15 is 0 Å². The Balaban J connectivity index is 1.54. The van der Waals surface area contributed by atoms with E-state index < -0.39 is 5.92 Å². The molecule has 0 saturated carbocycles. The number of allylic oxidation sites excluding steroid dienone is 3. The first-order chi connectivity index (χ1) is 14.1. The molecule has 29 heavy (non-hydrogen) atoms. The van der Waals surface area contributed by atoms with E-state index in [1.54, 1.807) is 0 Å². The summed E-state index contributed by atoms with van der Waals surface area (Å²) in [6, 6.07) is 8.04. The molecule has 0 aliphatic carbocycles. The van der Waals surface area contributed by atoms with Gasteiger partial charge in [-0.05, 0) is 13.0 Å². The van der Waals surface area contributed by atoms with Crippen molar-refractivity contribution in [3.63, 3.8) is 0 Å². The molecule has 6 nitrogen and oxygen atoms in total. The first-order valence-electron chi connectivity index (χ1n) is 9.94. The number of amides is 1. The van der Waals surface area contributed by atoms with Crippen LogP contribution in [0.25, 0.3) is 0 Å². The van der Waals surface area contributed by atoms with E-state index in [4.69, 9.17) is 15.6 Å². The predicted octanol–water partition coefficient (Wildman–Crippen LogP) is -0.659. The van der Waals surface area contributed by atoms with Crippen LogP contribution in [-0.2, 0) is 4.79 Å². The molecule has 3 aliphatic heterocycles. The van der Waals surface area contributed by atoms with Crippen LogP contribution in [0.15, 0.2) is 61.5 Å². The van der Waals surface area contributed by atoms with E-state index in [0.717, 1.165) is 48.7 Å². The Kier molecular flexibility index (Phi) is 6.34. The van der Waals surface area contributed by atoms with Crippen molar-refractivity contribution in [1.82, 2.24) is 10.3 Å². The zero-order valence-electron chi connectivity index (χ0n) is 16.4. The molecule has 2 unspecified atom stereocenters. The zero-order valence-corrected chi connectivity index (χ0v) is 18.6. The molecule has 1 saturated heterocycles. The van der Waals surface area contributed by atoms with Gasteiger partial charge in [-0.2, -0.15) is 0 Å². The van der Waals surface area contributed by atoms with Crippen molar-refractivity contribution in [1.29, 1.82) is 0 Å². The summed E-state index contributed by atoms with van der Waals surface area (Å²) < 4.78 is 10.3. The van der Waals surface area contributed by atoms with Crippen molar-refractivity contribution in [3.8, 4) is 5.75 Å². The van der Waals surface area contributed by atoms with E-state index in [1.807, 2.05) is 43.3 Å². The van der Waals surface area contributed by atoms with Gasteiger partial charge in [0.2, 0.25) is 0 Å². The molecule has 0 aromatic heterocycles. The second-order valence-electron chi connectivity index (χ2n) is 7.43. The number of primary amides is 1. The summed E-state index contributed by atoms with van der Waals surface area (Å²) in [6.45, 7) is 3.97. The number of nitrogens with zero attached hydrogens (tertiary/aromatic N) is 2. The van der Waals surface area contributed by atoms with Crippen molar-refractivity contribution in [2.24, 2.45) is 16.8 Å². The van der Waals surface area contributed by atoms with E-state index in [1.165, 1.54) is 0 Å². The fraction of sp³-hybridized carbons (Fsp3) is 0.364. The van der Waals surface area contributed by atoms with Crippen LogP contribution in [0.3, 0.4) is 0 Å². The van der Waals surface area contributed by atoms with Crippen LogP contribution in [0.4, 0.5) is 0 Å². The summed E-state index contributed by atoms with van der Waals surface area (Å²) in [5, 5.41) is 10.4. The van der Waals surface area contributed by atoms with Gasteiger partial charge < -0.3 is 5.32 Å². The molecular formula is C22H26IN4O2-. The molecule has 3 aliphatic rings. The average molecular weight is 505 g/mol. The van der Waals surface area contributed by atoms with Gasteiger partial charge in [-0.25, -0.2) is 0 Å². The number of benzene rings is 1. The van der Waals surface area contributed by atoms with Crippen molar-refractivity contribution in [2.45, 2.75) is 31.8 Å². The molecule has 0 radical (unpaired) electrons. The number of ether oxygens (including phenoxy) is 1. The van der Waals surface area contributed by atoms with Crippen molar-refractivity contribution in [3.05, 3.63) is 62.0 Å². The number of carbonyl (C=O) groups is 1. The Morgan fingerprint density at radius 1 is 1.31 bits per heavy atom. The number of rotatable bonds is 5. The number of carbonyl (C=O) groups excluding carboxylic acids is 1. The van der Waals surface area contributed by atoms with Gasteiger partial charge in [0.15, 0.2) is 0 Å². The van der Waals surface area contributed by atoms with Gasteiger partial charge in [0.25, 0.3) is 0 Å². The SMILES string of the molecule is CC1C(C(N)=O)C(c2ccc(OC3=C[I-]C=CC=C3)cc2)=NN1[C@@H]1CCCNC1. The summed E-state index contributed by atoms with van der Waals surface area (Å²) in [6.07, 6.45) is 8.22. The summed E-state index contributed by atoms with van der Waals surface area (Å²) in [4.78, 5) is 12.2. The Bertz CT molecular complexity index is 869. The molecular weight excluding hydrogens is 479 g/mol. The molecule has 1 aromatic rings. The molecule has 3 heterocycles. The summed E-state index contributed by atoms with van der Waals surface area (Å²) in [5.74, 6) is 0.902. The number of halogens is 1. The summed E-state index contributed by atoms with van der Waals surface area (Å²) in [7, 11) is 0. The van der Waals surface area contributed by atoms with E-state index in [2.05, 4.69) is 24.6 Å². The van der Waals surface area contributed by atoms with Crippen LogP contribution in [0.2, 0.25) is 0 Å². The Hall–Kier alpha value is -2.13. The molecule has 3 N–H and O–H groups in total. The van der Waals surface area contributed by atoms with Crippen LogP contribution in [0.5, 0.6) is 5.75 Å². The van der Waals surface area contributed by atoms with Gasteiger partial charge >= 0.3 is 164 Å². The molecule has 3 atom stereocenters. The molecule has 1 aromatic carbocycles. The van der Waals surface area contributed by atoms with Gasteiger partial charge in [0.05, 0.1) is 0 Å². The standard InChI is InChI=1S/C22H26IN4O2/c1-15-20(22(24)28)21(26-27(15)17-5-4-12-25-14-17)16-7-9-18(10-8-16)29-19-6-2-3-11-23-13-19/h2-3,6-11,13,15,17,20,25H,4-5,12,14H2,1H3,(H2,24,28)/q-1/t15?,17-,20?/m1/s1. The van der Waals surface area contributed by atoms with Gasteiger partial charge in [0.1, 0.15) is 0 Å². The van der Waals surface area contributed by atoms with E-state index in [0.29, 0.717) is 6.04 Å². The maximum atomic E-state index is 12.2. The third-order valence-corrected chi connectivity index (χ3v) is 7.25. The maximum absolute atomic E-state index is 12.2. The van der Waals surface area contributed by atoms with E-state index in [-0.39, 0.29) is 33.2 Å². The number of hydrogen-bond acceptors (Lipinski definition) is 5. The predicted molar refractivity (Wildman–Crippen MR) is 110 cm³/mol. The van der Waals surface area contributed by atoms with Gasteiger partial charge in [-0.3, -0.25) is 0 Å². The number of hydrazone groups is 1. The number of nitrogens with two attached hydrogens (primary N) is 1. The molecule has 7 heteroatoms. The number of hydrogen-bond donors (Lipinski definition) is 2. The second-order valence-corrected chi connectivity index (χ2v) is 9.49. The van der Waals surface area contributed by atoms with Crippen molar-refractivity contribution in [2.75, 3.05) is 13.1 Å². The third kappa shape index (κ3) is 4.56. The van der Waals surface area contributed by atoms with E-state index in [9.17, 15) is 4.79 Å². The minimum absolute atomic E-state index is 0.0407. The van der Waals surface area contributed by atoms with Crippen molar-refractivity contribution < 1.29 is 30.7 Å². The molecule has 4 rings (SSSR count). The van der Waals surface area contributed by atoms with Crippen LogP contribution in [-0.4, -0.2) is 41.8 Å².